The molecule has 2 nitrogen and oxygen atoms in total. The van der Waals surface area contributed by atoms with Crippen LogP contribution in [0.5, 0.6) is 5.75 Å². The van der Waals surface area contributed by atoms with Crippen molar-refractivity contribution in [3.8, 4) is 5.75 Å². The number of aliphatic hydroxyl groups excluding tert-OH is 1. The third-order valence-corrected chi connectivity index (χ3v) is 2.01. The Labute approximate surface area is 77.0 Å². The van der Waals surface area contributed by atoms with Gasteiger partial charge in [-0.1, -0.05) is 6.07 Å². The molecule has 72 valence electrons. The lowest BCUT2D eigenvalue weighted by atomic mass is 10.1. The van der Waals surface area contributed by atoms with Gasteiger partial charge in [0.2, 0.25) is 0 Å². The fourth-order valence-electron chi connectivity index (χ4n) is 1.33. The second-order valence-corrected chi connectivity index (χ2v) is 2.84. The van der Waals surface area contributed by atoms with E-state index in [0.29, 0.717) is 17.7 Å². The topological polar surface area (TPSA) is 29.5 Å². The monoisotopic (exact) mass is 184 g/mol. The molecule has 0 bridgehead atoms. The third-order valence-electron chi connectivity index (χ3n) is 2.01. The van der Waals surface area contributed by atoms with Gasteiger partial charge in [0, 0.05) is 12.2 Å². The summed E-state index contributed by atoms with van der Waals surface area (Å²) < 4.78 is 18.1. The predicted octanol–water partition coefficient (Wildman–Crippen LogP) is 1.68. The van der Waals surface area contributed by atoms with Crippen LogP contribution in [-0.4, -0.2) is 18.8 Å². The van der Waals surface area contributed by atoms with Crippen LogP contribution in [0.15, 0.2) is 12.1 Å². The predicted molar refractivity (Wildman–Crippen MR) is 48.5 cm³/mol. The average Bonchev–Trinajstić information content (AvgIpc) is 2.12. The molecule has 1 aromatic rings. The van der Waals surface area contributed by atoms with E-state index in [1.807, 2.05) is 0 Å². The standard InChI is InChI=1S/C10H13FO2/c1-7-9(11)4-3-8(5-6-12)10(7)13-2/h3-4,12H,5-6H2,1-2H3. The minimum Gasteiger partial charge on any atom is -0.496 e. The first kappa shape index (κ1) is 9.99. The molecular weight excluding hydrogens is 171 g/mol. The van der Waals surface area contributed by atoms with E-state index < -0.39 is 0 Å². The van der Waals surface area contributed by atoms with Gasteiger partial charge in [-0.25, -0.2) is 4.39 Å². The van der Waals surface area contributed by atoms with Crippen molar-refractivity contribution in [2.24, 2.45) is 0 Å². The van der Waals surface area contributed by atoms with Gasteiger partial charge in [0.1, 0.15) is 11.6 Å². The van der Waals surface area contributed by atoms with Crippen LogP contribution in [0.1, 0.15) is 11.1 Å². The van der Waals surface area contributed by atoms with Gasteiger partial charge < -0.3 is 9.84 Å². The first-order valence-electron chi connectivity index (χ1n) is 4.13. The summed E-state index contributed by atoms with van der Waals surface area (Å²) in [5.41, 5.74) is 1.33. The van der Waals surface area contributed by atoms with Crippen LogP contribution in [0.2, 0.25) is 0 Å². The molecule has 0 aliphatic heterocycles. The Morgan fingerprint density at radius 1 is 1.46 bits per heavy atom. The summed E-state index contributed by atoms with van der Waals surface area (Å²) in [6.45, 7) is 1.70. The number of halogens is 1. The third kappa shape index (κ3) is 1.98. The SMILES string of the molecule is COc1c(CCO)ccc(F)c1C. The Kier molecular flexibility index (Phi) is 3.25. The van der Waals surface area contributed by atoms with Gasteiger partial charge in [-0.15, -0.1) is 0 Å². The smallest absolute Gasteiger partial charge is 0.129 e. The molecule has 0 atom stereocenters. The quantitative estimate of drug-likeness (QED) is 0.774. The van der Waals surface area contributed by atoms with Crippen LogP contribution < -0.4 is 4.74 Å². The summed E-state index contributed by atoms with van der Waals surface area (Å²) in [7, 11) is 1.50. The van der Waals surface area contributed by atoms with Crippen LogP contribution in [-0.2, 0) is 6.42 Å². The molecule has 3 heteroatoms. The van der Waals surface area contributed by atoms with E-state index >= 15 is 0 Å². The van der Waals surface area contributed by atoms with Gasteiger partial charge in [-0.2, -0.15) is 0 Å². The molecular formula is C10H13FO2. The number of hydrogen-bond acceptors (Lipinski definition) is 2. The highest BCUT2D eigenvalue weighted by molar-refractivity contribution is 5.41. The lowest BCUT2D eigenvalue weighted by Crippen LogP contribution is -1.99. The van der Waals surface area contributed by atoms with E-state index in [9.17, 15) is 4.39 Å². The largest absolute Gasteiger partial charge is 0.496 e. The zero-order chi connectivity index (χ0) is 9.84. The molecule has 1 rings (SSSR count). The first-order chi connectivity index (χ1) is 6.20. The van der Waals surface area contributed by atoms with Crippen LogP contribution >= 0.6 is 0 Å². The van der Waals surface area contributed by atoms with E-state index in [1.165, 1.54) is 13.2 Å². The molecule has 0 heterocycles. The number of rotatable bonds is 3. The maximum Gasteiger partial charge on any atom is 0.129 e. The van der Waals surface area contributed by atoms with Crippen molar-refractivity contribution in [1.82, 2.24) is 0 Å². The summed E-state index contributed by atoms with van der Waals surface area (Å²) in [4.78, 5) is 0. The molecule has 1 N–H and O–H groups in total. The Bertz CT molecular complexity index is 297. The second kappa shape index (κ2) is 4.23. The molecule has 0 amide bonds. The fourth-order valence-corrected chi connectivity index (χ4v) is 1.33. The number of benzene rings is 1. The summed E-state index contributed by atoms with van der Waals surface area (Å²) in [5, 5.41) is 8.75. The molecule has 0 unspecified atom stereocenters. The summed E-state index contributed by atoms with van der Waals surface area (Å²) in [5.74, 6) is 0.257. The molecule has 13 heavy (non-hydrogen) atoms. The first-order valence-corrected chi connectivity index (χ1v) is 4.13. The summed E-state index contributed by atoms with van der Waals surface area (Å²) in [6, 6.07) is 3.03. The van der Waals surface area contributed by atoms with E-state index in [4.69, 9.17) is 9.84 Å². The van der Waals surface area contributed by atoms with Crippen LogP contribution in [0.25, 0.3) is 0 Å². The average molecular weight is 184 g/mol. The summed E-state index contributed by atoms with van der Waals surface area (Å²) in [6.07, 6.45) is 0.490. The Morgan fingerprint density at radius 2 is 2.15 bits per heavy atom. The molecule has 0 saturated heterocycles. The lowest BCUT2D eigenvalue weighted by Gasteiger charge is -2.10. The Morgan fingerprint density at radius 3 is 2.69 bits per heavy atom. The zero-order valence-corrected chi connectivity index (χ0v) is 7.80. The molecule has 0 saturated carbocycles. The Hall–Kier alpha value is -1.09. The molecule has 0 fully saturated rings. The van der Waals surface area contributed by atoms with E-state index in [0.717, 1.165) is 5.56 Å². The minimum absolute atomic E-state index is 0.0431. The lowest BCUT2D eigenvalue weighted by molar-refractivity contribution is 0.296. The maximum atomic E-state index is 13.0. The highest BCUT2D eigenvalue weighted by Gasteiger charge is 2.09. The van der Waals surface area contributed by atoms with Crippen LogP contribution in [0.3, 0.4) is 0 Å². The fraction of sp³-hybridized carbons (Fsp3) is 0.400. The normalized spacial score (nSPS) is 10.2. The number of aliphatic hydroxyl groups is 1. The molecule has 0 aliphatic rings. The van der Waals surface area contributed by atoms with Crippen LogP contribution in [0, 0.1) is 12.7 Å². The number of hydrogen-bond donors (Lipinski definition) is 1. The molecule has 1 aromatic carbocycles. The van der Waals surface area contributed by atoms with Crippen LogP contribution in [0.4, 0.5) is 4.39 Å². The summed E-state index contributed by atoms with van der Waals surface area (Å²) >= 11 is 0. The minimum atomic E-state index is -0.279. The Balaban J connectivity index is 3.13. The van der Waals surface area contributed by atoms with Crippen molar-refractivity contribution in [2.75, 3.05) is 13.7 Å². The van der Waals surface area contributed by atoms with E-state index in [-0.39, 0.29) is 12.4 Å². The molecule has 0 aromatic heterocycles. The van der Waals surface area contributed by atoms with E-state index in [1.54, 1.807) is 13.0 Å². The second-order valence-electron chi connectivity index (χ2n) is 2.84. The molecule has 0 spiro atoms. The molecule has 0 radical (unpaired) electrons. The van der Waals surface area contributed by atoms with Gasteiger partial charge in [0.05, 0.1) is 7.11 Å². The van der Waals surface area contributed by atoms with Crippen molar-refractivity contribution in [2.45, 2.75) is 13.3 Å². The van der Waals surface area contributed by atoms with Crippen molar-refractivity contribution in [3.05, 3.63) is 29.1 Å². The maximum absolute atomic E-state index is 13.0. The molecule has 0 aliphatic carbocycles. The van der Waals surface area contributed by atoms with Crippen molar-refractivity contribution in [3.63, 3.8) is 0 Å². The van der Waals surface area contributed by atoms with Gasteiger partial charge in [0.15, 0.2) is 0 Å². The van der Waals surface area contributed by atoms with Gasteiger partial charge in [-0.3, -0.25) is 0 Å². The van der Waals surface area contributed by atoms with E-state index in [2.05, 4.69) is 0 Å². The van der Waals surface area contributed by atoms with Gasteiger partial charge >= 0.3 is 0 Å². The number of ether oxygens (including phenoxy) is 1. The highest BCUT2D eigenvalue weighted by atomic mass is 19.1. The van der Waals surface area contributed by atoms with Crippen molar-refractivity contribution >= 4 is 0 Å². The van der Waals surface area contributed by atoms with Crippen molar-refractivity contribution < 1.29 is 14.2 Å². The van der Waals surface area contributed by atoms with Crippen molar-refractivity contribution in [1.29, 1.82) is 0 Å². The number of methoxy groups -OCH3 is 1. The van der Waals surface area contributed by atoms with Gasteiger partial charge in [-0.05, 0) is 25.0 Å². The zero-order valence-electron chi connectivity index (χ0n) is 7.80. The van der Waals surface area contributed by atoms with Gasteiger partial charge in [0.25, 0.3) is 0 Å². The highest BCUT2D eigenvalue weighted by Crippen LogP contribution is 2.25.